The van der Waals surface area contributed by atoms with Crippen LogP contribution in [0.25, 0.3) is 0 Å². The summed E-state index contributed by atoms with van der Waals surface area (Å²) in [5, 5.41) is 5.90. The second-order valence-electron chi connectivity index (χ2n) is 4.25. The van der Waals surface area contributed by atoms with E-state index in [4.69, 9.17) is 16.3 Å². The predicted molar refractivity (Wildman–Crippen MR) is 81.7 cm³/mol. The molecule has 1 aromatic heterocycles. The van der Waals surface area contributed by atoms with Crippen LogP contribution in [0, 0.1) is 6.92 Å². The van der Waals surface area contributed by atoms with Crippen LogP contribution in [-0.2, 0) is 4.79 Å². The molecular formula is C14H15ClN2O2S. The highest BCUT2D eigenvalue weighted by atomic mass is 35.5. The number of nitrogens with zero attached hydrogens (tertiary/aromatic N) is 1. The Balaban J connectivity index is 1.68. The largest absolute Gasteiger partial charge is 0.494 e. The zero-order valence-corrected chi connectivity index (χ0v) is 12.6. The number of thiazole rings is 1. The van der Waals surface area contributed by atoms with Gasteiger partial charge in [-0.15, -0.1) is 11.3 Å². The van der Waals surface area contributed by atoms with Crippen molar-refractivity contribution in [1.29, 1.82) is 0 Å². The van der Waals surface area contributed by atoms with E-state index < -0.39 is 0 Å². The molecule has 1 amide bonds. The number of amides is 1. The number of rotatable bonds is 6. The summed E-state index contributed by atoms with van der Waals surface area (Å²) in [5.74, 6) is 0.725. The van der Waals surface area contributed by atoms with E-state index in [9.17, 15) is 4.79 Å². The molecule has 2 aromatic rings. The molecule has 1 aromatic carbocycles. The number of benzene rings is 1. The average molecular weight is 311 g/mol. The first-order valence-electron chi connectivity index (χ1n) is 6.23. The lowest BCUT2D eigenvalue weighted by Crippen LogP contribution is -2.12. The topological polar surface area (TPSA) is 51.2 Å². The molecule has 0 atom stereocenters. The minimum atomic E-state index is -0.0455. The molecule has 2 rings (SSSR count). The molecule has 0 saturated heterocycles. The minimum Gasteiger partial charge on any atom is -0.494 e. The van der Waals surface area contributed by atoms with Gasteiger partial charge in [0.1, 0.15) is 5.75 Å². The quantitative estimate of drug-likeness (QED) is 0.823. The Labute approximate surface area is 126 Å². The fourth-order valence-electron chi connectivity index (χ4n) is 1.60. The molecule has 0 fully saturated rings. The molecule has 1 heterocycles. The summed E-state index contributed by atoms with van der Waals surface area (Å²) in [6, 6.07) is 5.52. The van der Waals surface area contributed by atoms with Crippen LogP contribution < -0.4 is 10.1 Å². The van der Waals surface area contributed by atoms with E-state index >= 15 is 0 Å². The first-order valence-corrected chi connectivity index (χ1v) is 7.49. The second kappa shape index (κ2) is 7.26. The SMILES string of the molecule is Cc1cc(OCCCC(=O)Nc2nccs2)ccc1Cl. The lowest BCUT2D eigenvalue weighted by molar-refractivity contribution is -0.116. The van der Waals surface area contributed by atoms with Gasteiger partial charge in [0.2, 0.25) is 5.91 Å². The van der Waals surface area contributed by atoms with Crippen molar-refractivity contribution < 1.29 is 9.53 Å². The number of hydrogen-bond acceptors (Lipinski definition) is 4. The molecule has 0 unspecified atom stereocenters. The van der Waals surface area contributed by atoms with Crippen LogP contribution in [0.5, 0.6) is 5.75 Å². The number of nitrogens with one attached hydrogen (secondary N) is 1. The van der Waals surface area contributed by atoms with Gasteiger partial charge in [-0.3, -0.25) is 4.79 Å². The van der Waals surface area contributed by atoms with Crippen molar-refractivity contribution in [2.24, 2.45) is 0 Å². The fourth-order valence-corrected chi connectivity index (χ4v) is 2.26. The average Bonchev–Trinajstić information content (AvgIpc) is 2.91. The van der Waals surface area contributed by atoms with Gasteiger partial charge in [0.05, 0.1) is 6.61 Å². The lowest BCUT2D eigenvalue weighted by Gasteiger charge is -2.07. The third-order valence-electron chi connectivity index (χ3n) is 2.62. The summed E-state index contributed by atoms with van der Waals surface area (Å²) in [6.45, 7) is 2.42. The van der Waals surface area contributed by atoms with Crippen molar-refractivity contribution in [2.45, 2.75) is 19.8 Å². The van der Waals surface area contributed by atoms with E-state index in [1.54, 1.807) is 12.3 Å². The standard InChI is InChI=1S/C14H15ClN2O2S/c1-10-9-11(4-5-12(10)15)19-7-2-3-13(18)17-14-16-6-8-20-14/h4-6,8-9H,2-3,7H2,1H3,(H,16,17,18). The highest BCUT2D eigenvalue weighted by Gasteiger charge is 2.04. The van der Waals surface area contributed by atoms with Crippen molar-refractivity contribution in [3.63, 3.8) is 0 Å². The summed E-state index contributed by atoms with van der Waals surface area (Å²) >= 11 is 7.34. The summed E-state index contributed by atoms with van der Waals surface area (Å²) < 4.78 is 5.58. The molecule has 0 aliphatic heterocycles. The van der Waals surface area contributed by atoms with Crippen molar-refractivity contribution in [3.05, 3.63) is 40.4 Å². The molecule has 0 radical (unpaired) electrons. The van der Waals surface area contributed by atoms with E-state index in [0.717, 1.165) is 16.3 Å². The highest BCUT2D eigenvalue weighted by molar-refractivity contribution is 7.13. The van der Waals surface area contributed by atoms with E-state index in [0.29, 0.717) is 24.6 Å². The molecule has 106 valence electrons. The smallest absolute Gasteiger partial charge is 0.226 e. The van der Waals surface area contributed by atoms with Crippen LogP contribution in [-0.4, -0.2) is 17.5 Å². The first-order chi connectivity index (χ1) is 9.65. The Kier molecular flexibility index (Phi) is 5.38. The Hall–Kier alpha value is -1.59. The number of carbonyl (C=O) groups is 1. The minimum absolute atomic E-state index is 0.0455. The molecule has 1 N–H and O–H groups in total. The number of aromatic nitrogens is 1. The molecule has 0 aliphatic rings. The lowest BCUT2D eigenvalue weighted by atomic mass is 10.2. The maximum Gasteiger partial charge on any atom is 0.226 e. The molecular weight excluding hydrogens is 296 g/mol. The molecule has 0 bridgehead atoms. The van der Waals surface area contributed by atoms with E-state index in [1.165, 1.54) is 11.3 Å². The highest BCUT2D eigenvalue weighted by Crippen LogP contribution is 2.21. The van der Waals surface area contributed by atoms with Gasteiger partial charge in [0, 0.05) is 23.0 Å². The van der Waals surface area contributed by atoms with Gasteiger partial charge >= 0.3 is 0 Å². The third-order valence-corrected chi connectivity index (χ3v) is 3.74. The molecule has 0 spiro atoms. The monoisotopic (exact) mass is 310 g/mol. The summed E-state index contributed by atoms with van der Waals surface area (Å²) in [5.41, 5.74) is 0.977. The number of hydrogen-bond donors (Lipinski definition) is 1. The summed E-state index contributed by atoms with van der Waals surface area (Å²) in [4.78, 5) is 15.6. The van der Waals surface area contributed by atoms with Crippen molar-refractivity contribution in [1.82, 2.24) is 4.98 Å². The first kappa shape index (κ1) is 14.8. The van der Waals surface area contributed by atoms with Crippen LogP contribution in [0.3, 0.4) is 0 Å². The van der Waals surface area contributed by atoms with Crippen LogP contribution >= 0.6 is 22.9 Å². The predicted octanol–water partition coefficient (Wildman–Crippen LogP) is 3.90. The molecule has 0 saturated carbocycles. The number of anilines is 1. The van der Waals surface area contributed by atoms with Crippen molar-refractivity contribution >= 4 is 34.0 Å². The van der Waals surface area contributed by atoms with Gasteiger partial charge < -0.3 is 10.1 Å². The maximum atomic E-state index is 11.6. The van der Waals surface area contributed by atoms with E-state index in [-0.39, 0.29) is 5.91 Å². The van der Waals surface area contributed by atoms with Crippen molar-refractivity contribution in [3.8, 4) is 5.75 Å². The Bertz CT molecular complexity index is 573. The van der Waals surface area contributed by atoms with Crippen LogP contribution in [0.2, 0.25) is 5.02 Å². The number of halogens is 1. The number of ether oxygens (including phenoxy) is 1. The van der Waals surface area contributed by atoms with Crippen molar-refractivity contribution in [2.75, 3.05) is 11.9 Å². The van der Waals surface area contributed by atoms with Crippen LogP contribution in [0.4, 0.5) is 5.13 Å². The number of aryl methyl sites for hydroxylation is 1. The zero-order valence-electron chi connectivity index (χ0n) is 11.1. The van der Waals surface area contributed by atoms with Gasteiger partial charge in [-0.25, -0.2) is 4.98 Å². The van der Waals surface area contributed by atoms with Gasteiger partial charge in [0.15, 0.2) is 5.13 Å². The van der Waals surface area contributed by atoms with E-state index in [1.807, 2.05) is 24.4 Å². The fraction of sp³-hybridized carbons (Fsp3) is 0.286. The Morgan fingerprint density at radius 2 is 2.35 bits per heavy atom. The van der Waals surface area contributed by atoms with Crippen LogP contribution in [0.1, 0.15) is 18.4 Å². The van der Waals surface area contributed by atoms with Gasteiger partial charge in [-0.1, -0.05) is 11.6 Å². The third kappa shape index (κ3) is 4.51. The Morgan fingerprint density at radius 3 is 3.05 bits per heavy atom. The summed E-state index contributed by atoms with van der Waals surface area (Å²) in [6.07, 6.45) is 2.72. The van der Waals surface area contributed by atoms with Crippen LogP contribution in [0.15, 0.2) is 29.8 Å². The zero-order chi connectivity index (χ0) is 14.4. The van der Waals surface area contributed by atoms with Gasteiger partial charge in [-0.05, 0) is 37.1 Å². The molecule has 20 heavy (non-hydrogen) atoms. The summed E-state index contributed by atoms with van der Waals surface area (Å²) in [7, 11) is 0. The Morgan fingerprint density at radius 1 is 1.50 bits per heavy atom. The maximum absolute atomic E-state index is 11.6. The van der Waals surface area contributed by atoms with Gasteiger partial charge in [-0.2, -0.15) is 0 Å². The molecule has 4 nitrogen and oxygen atoms in total. The number of carbonyl (C=O) groups excluding carboxylic acids is 1. The molecule has 0 aliphatic carbocycles. The second-order valence-corrected chi connectivity index (χ2v) is 5.55. The normalized spacial score (nSPS) is 10.3. The molecule has 6 heteroatoms. The van der Waals surface area contributed by atoms with E-state index in [2.05, 4.69) is 10.3 Å². The van der Waals surface area contributed by atoms with Gasteiger partial charge in [0.25, 0.3) is 0 Å².